The van der Waals surface area contributed by atoms with Gasteiger partial charge < -0.3 is 9.52 Å². The van der Waals surface area contributed by atoms with Crippen LogP contribution in [0.1, 0.15) is 10.5 Å². The van der Waals surface area contributed by atoms with Crippen molar-refractivity contribution in [3.63, 3.8) is 0 Å². The Morgan fingerprint density at radius 1 is 1.16 bits per heavy atom. The first-order valence-electron chi connectivity index (χ1n) is 5.51. The van der Waals surface area contributed by atoms with Gasteiger partial charge in [-0.3, -0.25) is 0 Å². The van der Waals surface area contributed by atoms with Crippen LogP contribution in [-0.2, 0) is 0 Å². The van der Waals surface area contributed by atoms with Crippen LogP contribution in [-0.4, -0.2) is 16.1 Å². The average Bonchev–Trinajstić information content (AvgIpc) is 2.87. The van der Waals surface area contributed by atoms with E-state index in [-0.39, 0.29) is 11.5 Å². The van der Waals surface area contributed by atoms with Gasteiger partial charge >= 0.3 is 5.97 Å². The molecule has 1 aromatic heterocycles. The van der Waals surface area contributed by atoms with Gasteiger partial charge in [0.2, 0.25) is 0 Å². The van der Waals surface area contributed by atoms with Gasteiger partial charge in [-0.05, 0) is 29.0 Å². The van der Waals surface area contributed by atoms with Gasteiger partial charge in [0.15, 0.2) is 17.8 Å². The molecule has 19 heavy (non-hydrogen) atoms. The number of hydrogen-bond donors (Lipinski definition) is 1. The van der Waals surface area contributed by atoms with Crippen LogP contribution in [0.25, 0.3) is 22.1 Å². The summed E-state index contributed by atoms with van der Waals surface area (Å²) in [6.45, 7) is 0. The van der Waals surface area contributed by atoms with Crippen molar-refractivity contribution in [3.05, 3.63) is 53.0 Å². The molecule has 0 atom stereocenters. The predicted octanol–water partition coefficient (Wildman–Crippen LogP) is 3.96. The maximum atomic E-state index is 11.0. The van der Waals surface area contributed by atoms with Crippen LogP contribution in [0, 0.1) is 0 Å². The third-order valence-electron chi connectivity index (χ3n) is 2.83. The number of carboxylic acids is 1. The van der Waals surface area contributed by atoms with E-state index in [4.69, 9.17) is 9.52 Å². The Morgan fingerprint density at radius 3 is 2.68 bits per heavy atom. The number of carbonyl (C=O) groups is 1. The van der Waals surface area contributed by atoms with Gasteiger partial charge in [-0.1, -0.05) is 34.1 Å². The maximum Gasteiger partial charge on any atom is 0.358 e. The SMILES string of the molecule is O=C(O)c1ncoc1-c1ccc2cc(Br)ccc2c1. The quantitative estimate of drug-likeness (QED) is 0.777. The zero-order chi connectivity index (χ0) is 13.4. The van der Waals surface area contributed by atoms with Crippen molar-refractivity contribution in [2.75, 3.05) is 0 Å². The molecule has 1 N–H and O–H groups in total. The minimum absolute atomic E-state index is 0.0727. The summed E-state index contributed by atoms with van der Waals surface area (Å²) in [5, 5.41) is 11.1. The molecule has 0 aliphatic carbocycles. The van der Waals surface area contributed by atoms with E-state index in [0.29, 0.717) is 5.56 Å². The molecule has 3 rings (SSSR count). The number of aromatic carboxylic acids is 1. The molecular weight excluding hydrogens is 310 g/mol. The lowest BCUT2D eigenvalue weighted by Crippen LogP contribution is -1.98. The number of hydrogen-bond acceptors (Lipinski definition) is 3. The number of nitrogens with zero attached hydrogens (tertiary/aromatic N) is 1. The van der Waals surface area contributed by atoms with E-state index >= 15 is 0 Å². The molecule has 0 aliphatic rings. The molecule has 2 aromatic carbocycles. The summed E-state index contributed by atoms with van der Waals surface area (Å²) in [6.07, 6.45) is 1.14. The lowest BCUT2D eigenvalue weighted by molar-refractivity contribution is 0.0691. The van der Waals surface area contributed by atoms with E-state index in [0.717, 1.165) is 21.6 Å². The molecule has 3 aromatic rings. The van der Waals surface area contributed by atoms with Crippen molar-refractivity contribution in [3.8, 4) is 11.3 Å². The van der Waals surface area contributed by atoms with Crippen molar-refractivity contribution >= 4 is 32.7 Å². The van der Waals surface area contributed by atoms with E-state index in [1.54, 1.807) is 0 Å². The van der Waals surface area contributed by atoms with Crippen molar-refractivity contribution < 1.29 is 14.3 Å². The first-order valence-corrected chi connectivity index (χ1v) is 6.31. The highest BCUT2D eigenvalue weighted by atomic mass is 79.9. The predicted molar refractivity (Wildman–Crippen MR) is 74.1 cm³/mol. The Bertz CT molecular complexity index is 779. The summed E-state index contributed by atoms with van der Waals surface area (Å²) >= 11 is 3.41. The minimum atomic E-state index is -1.10. The molecule has 0 fully saturated rings. The van der Waals surface area contributed by atoms with Crippen LogP contribution in [0.4, 0.5) is 0 Å². The second-order valence-electron chi connectivity index (χ2n) is 4.04. The summed E-state index contributed by atoms with van der Waals surface area (Å²) in [6, 6.07) is 11.5. The smallest absolute Gasteiger partial charge is 0.358 e. The van der Waals surface area contributed by atoms with Crippen molar-refractivity contribution in [1.82, 2.24) is 4.98 Å². The lowest BCUT2D eigenvalue weighted by atomic mass is 10.0. The monoisotopic (exact) mass is 317 g/mol. The molecule has 4 nitrogen and oxygen atoms in total. The van der Waals surface area contributed by atoms with Crippen LogP contribution in [0.3, 0.4) is 0 Å². The van der Waals surface area contributed by atoms with Crippen LogP contribution in [0.15, 0.2) is 51.7 Å². The van der Waals surface area contributed by atoms with Crippen molar-refractivity contribution in [2.24, 2.45) is 0 Å². The van der Waals surface area contributed by atoms with Gasteiger partial charge in [0.25, 0.3) is 0 Å². The third kappa shape index (κ3) is 2.13. The second kappa shape index (κ2) is 4.51. The maximum absolute atomic E-state index is 11.0. The van der Waals surface area contributed by atoms with Crippen LogP contribution in [0.2, 0.25) is 0 Å². The largest absolute Gasteiger partial charge is 0.476 e. The normalized spacial score (nSPS) is 10.8. The van der Waals surface area contributed by atoms with Crippen LogP contribution < -0.4 is 0 Å². The average molecular weight is 318 g/mol. The number of fused-ring (bicyclic) bond motifs is 1. The Kier molecular flexibility index (Phi) is 2.83. The number of rotatable bonds is 2. The number of aromatic nitrogens is 1. The Balaban J connectivity index is 2.18. The summed E-state index contributed by atoms with van der Waals surface area (Å²) in [7, 11) is 0. The molecule has 0 radical (unpaired) electrons. The molecule has 0 amide bonds. The fourth-order valence-electron chi connectivity index (χ4n) is 1.96. The van der Waals surface area contributed by atoms with Crippen LogP contribution >= 0.6 is 15.9 Å². The van der Waals surface area contributed by atoms with Gasteiger partial charge in [-0.25, -0.2) is 9.78 Å². The minimum Gasteiger partial charge on any atom is -0.476 e. The highest BCUT2D eigenvalue weighted by Gasteiger charge is 2.17. The topological polar surface area (TPSA) is 63.3 Å². The molecule has 0 saturated heterocycles. The molecule has 0 aliphatic heterocycles. The molecule has 0 unspecified atom stereocenters. The van der Waals surface area contributed by atoms with Gasteiger partial charge in [0.1, 0.15) is 0 Å². The zero-order valence-corrected chi connectivity index (χ0v) is 11.2. The Hall–Kier alpha value is -2.14. The molecule has 1 heterocycles. The number of halogens is 1. The summed E-state index contributed by atoms with van der Waals surface area (Å²) in [4.78, 5) is 14.7. The molecule has 0 saturated carbocycles. The number of benzene rings is 2. The second-order valence-corrected chi connectivity index (χ2v) is 4.96. The third-order valence-corrected chi connectivity index (χ3v) is 3.33. The molecule has 0 bridgehead atoms. The molecule has 0 spiro atoms. The van der Waals surface area contributed by atoms with E-state index in [2.05, 4.69) is 20.9 Å². The number of oxazole rings is 1. The van der Waals surface area contributed by atoms with Gasteiger partial charge in [0, 0.05) is 10.0 Å². The molecule has 94 valence electrons. The van der Waals surface area contributed by atoms with Crippen molar-refractivity contribution in [2.45, 2.75) is 0 Å². The zero-order valence-electron chi connectivity index (χ0n) is 9.63. The lowest BCUT2D eigenvalue weighted by Gasteiger charge is -2.02. The van der Waals surface area contributed by atoms with Crippen LogP contribution in [0.5, 0.6) is 0 Å². The first kappa shape index (κ1) is 11.9. The first-order chi connectivity index (χ1) is 9.15. The molecule has 5 heteroatoms. The van der Waals surface area contributed by atoms with E-state index in [9.17, 15) is 4.79 Å². The highest BCUT2D eigenvalue weighted by molar-refractivity contribution is 9.10. The fourth-order valence-corrected chi connectivity index (χ4v) is 2.34. The molecular formula is C14H8BrNO3. The van der Waals surface area contributed by atoms with E-state index < -0.39 is 5.97 Å². The van der Waals surface area contributed by atoms with E-state index in [1.165, 1.54) is 0 Å². The summed E-state index contributed by atoms with van der Waals surface area (Å²) in [5.74, 6) is -0.822. The Labute approximate surface area is 116 Å². The summed E-state index contributed by atoms with van der Waals surface area (Å²) in [5.41, 5.74) is 0.626. The highest BCUT2D eigenvalue weighted by Crippen LogP contribution is 2.28. The standard InChI is InChI=1S/C14H8BrNO3/c15-11-4-3-8-5-10(2-1-9(8)6-11)13-12(14(17)18)16-7-19-13/h1-7H,(H,17,18). The van der Waals surface area contributed by atoms with Crippen molar-refractivity contribution in [1.29, 1.82) is 0 Å². The van der Waals surface area contributed by atoms with Gasteiger partial charge in [-0.2, -0.15) is 0 Å². The number of carboxylic acid groups (broad SMARTS) is 1. The fraction of sp³-hybridized carbons (Fsp3) is 0. The van der Waals surface area contributed by atoms with Gasteiger partial charge in [-0.15, -0.1) is 0 Å². The Morgan fingerprint density at radius 2 is 1.89 bits per heavy atom. The van der Waals surface area contributed by atoms with E-state index in [1.807, 2.05) is 36.4 Å². The summed E-state index contributed by atoms with van der Waals surface area (Å²) < 4.78 is 6.18. The van der Waals surface area contributed by atoms with Gasteiger partial charge in [0.05, 0.1) is 0 Å².